The van der Waals surface area contributed by atoms with Crippen LogP contribution in [0.3, 0.4) is 0 Å². The molecule has 0 heterocycles. The Labute approximate surface area is 94.7 Å². The van der Waals surface area contributed by atoms with Crippen LogP contribution in [-0.4, -0.2) is 16.2 Å². The number of hydrogen-bond acceptors (Lipinski definition) is 2. The first-order chi connectivity index (χ1) is 7.44. The third-order valence-electron chi connectivity index (χ3n) is 3.62. The number of aliphatic hydroxyl groups is 1. The van der Waals surface area contributed by atoms with Gasteiger partial charge in [-0.15, -0.1) is 0 Å². The van der Waals surface area contributed by atoms with Crippen molar-refractivity contribution >= 4 is 5.97 Å². The van der Waals surface area contributed by atoms with Crippen molar-refractivity contribution in [1.82, 2.24) is 0 Å². The lowest BCUT2D eigenvalue weighted by atomic mass is 9.66. The molecule has 1 aromatic rings. The van der Waals surface area contributed by atoms with Crippen LogP contribution in [0.5, 0.6) is 0 Å². The molecule has 0 aliphatic heterocycles. The van der Waals surface area contributed by atoms with Gasteiger partial charge in [0, 0.05) is 0 Å². The van der Waals surface area contributed by atoms with Crippen molar-refractivity contribution in [2.45, 2.75) is 32.3 Å². The molecule has 0 bridgehead atoms. The van der Waals surface area contributed by atoms with Crippen LogP contribution < -0.4 is 0 Å². The highest BCUT2D eigenvalue weighted by atomic mass is 16.4. The van der Waals surface area contributed by atoms with Crippen molar-refractivity contribution in [3.8, 4) is 0 Å². The fourth-order valence-corrected chi connectivity index (χ4v) is 2.41. The van der Waals surface area contributed by atoms with Gasteiger partial charge in [0.1, 0.15) is 0 Å². The molecule has 0 aromatic heterocycles. The topological polar surface area (TPSA) is 57.5 Å². The predicted octanol–water partition coefficient (Wildman–Crippen LogP) is 1.99. The van der Waals surface area contributed by atoms with Crippen LogP contribution in [-0.2, 0) is 10.4 Å². The highest BCUT2D eigenvalue weighted by Gasteiger charge is 2.48. The van der Waals surface area contributed by atoms with Crippen molar-refractivity contribution < 1.29 is 15.0 Å². The van der Waals surface area contributed by atoms with Crippen LogP contribution in [0.25, 0.3) is 0 Å². The lowest BCUT2D eigenvalue weighted by Crippen LogP contribution is -2.45. The molecular weight excluding hydrogens is 204 g/mol. The highest BCUT2D eigenvalue weighted by molar-refractivity contribution is 5.72. The predicted molar refractivity (Wildman–Crippen MR) is 60.2 cm³/mol. The van der Waals surface area contributed by atoms with E-state index in [1.54, 1.807) is 0 Å². The van der Waals surface area contributed by atoms with E-state index < -0.39 is 17.5 Å². The van der Waals surface area contributed by atoms with Crippen LogP contribution in [0, 0.1) is 19.8 Å². The van der Waals surface area contributed by atoms with Crippen molar-refractivity contribution in [2.24, 2.45) is 5.92 Å². The second kappa shape index (κ2) is 3.59. The summed E-state index contributed by atoms with van der Waals surface area (Å²) in [6.45, 7) is 3.96. The number of rotatable bonds is 2. The Morgan fingerprint density at radius 2 is 2.00 bits per heavy atom. The minimum atomic E-state index is -0.931. The fourth-order valence-electron chi connectivity index (χ4n) is 2.41. The van der Waals surface area contributed by atoms with Crippen LogP contribution in [0.4, 0.5) is 0 Å². The molecule has 16 heavy (non-hydrogen) atoms. The summed E-state index contributed by atoms with van der Waals surface area (Å²) >= 11 is 0. The molecule has 1 aliphatic carbocycles. The normalized spacial score (nSPS) is 28.6. The van der Waals surface area contributed by atoms with Gasteiger partial charge >= 0.3 is 5.97 Å². The quantitative estimate of drug-likeness (QED) is 0.801. The molecule has 3 nitrogen and oxygen atoms in total. The molecule has 2 rings (SSSR count). The third-order valence-corrected chi connectivity index (χ3v) is 3.62. The summed E-state index contributed by atoms with van der Waals surface area (Å²) < 4.78 is 0. The van der Waals surface area contributed by atoms with E-state index in [2.05, 4.69) is 0 Å². The molecule has 1 saturated carbocycles. The van der Waals surface area contributed by atoms with E-state index >= 15 is 0 Å². The van der Waals surface area contributed by atoms with Gasteiger partial charge in [0.2, 0.25) is 0 Å². The summed E-state index contributed by atoms with van der Waals surface area (Å²) in [5, 5.41) is 19.2. The molecule has 2 N–H and O–H groups in total. The number of aryl methyl sites for hydroxylation is 1. The van der Waals surface area contributed by atoms with E-state index in [0.29, 0.717) is 12.8 Å². The summed E-state index contributed by atoms with van der Waals surface area (Å²) in [7, 11) is 0. The number of benzene rings is 1. The molecule has 0 atom stereocenters. The Kier molecular flexibility index (Phi) is 2.50. The van der Waals surface area contributed by atoms with Gasteiger partial charge in [-0.3, -0.25) is 4.79 Å². The first kappa shape index (κ1) is 11.1. The zero-order valence-electron chi connectivity index (χ0n) is 9.53. The molecule has 86 valence electrons. The fraction of sp³-hybridized carbons (Fsp3) is 0.462. The summed E-state index contributed by atoms with van der Waals surface area (Å²) in [5.41, 5.74) is 2.14. The van der Waals surface area contributed by atoms with Crippen LogP contribution >= 0.6 is 0 Å². The van der Waals surface area contributed by atoms with Gasteiger partial charge in [-0.1, -0.05) is 18.2 Å². The molecule has 1 aliphatic rings. The second-order valence-electron chi connectivity index (χ2n) is 4.72. The lowest BCUT2D eigenvalue weighted by molar-refractivity contribution is -0.159. The van der Waals surface area contributed by atoms with E-state index in [1.807, 2.05) is 32.0 Å². The second-order valence-corrected chi connectivity index (χ2v) is 4.72. The third kappa shape index (κ3) is 1.61. The largest absolute Gasteiger partial charge is 0.481 e. The van der Waals surface area contributed by atoms with E-state index in [1.165, 1.54) is 0 Å². The van der Waals surface area contributed by atoms with Gasteiger partial charge in [0.25, 0.3) is 0 Å². The highest BCUT2D eigenvalue weighted by Crippen LogP contribution is 2.46. The summed E-state index contributed by atoms with van der Waals surface area (Å²) in [6, 6.07) is 5.79. The van der Waals surface area contributed by atoms with Gasteiger partial charge in [-0.2, -0.15) is 0 Å². The minimum absolute atomic E-state index is 0.326. The van der Waals surface area contributed by atoms with Crippen molar-refractivity contribution in [2.75, 3.05) is 0 Å². The molecule has 1 aromatic carbocycles. The van der Waals surface area contributed by atoms with Crippen molar-refractivity contribution in [3.05, 3.63) is 34.9 Å². The van der Waals surface area contributed by atoms with Gasteiger partial charge in [-0.25, -0.2) is 0 Å². The maximum absolute atomic E-state index is 10.7. The monoisotopic (exact) mass is 220 g/mol. The first-order valence-corrected chi connectivity index (χ1v) is 5.46. The molecular formula is C13H16O3. The number of carboxylic acids is 1. The van der Waals surface area contributed by atoms with Crippen LogP contribution in [0.2, 0.25) is 0 Å². The summed E-state index contributed by atoms with van der Waals surface area (Å²) in [4.78, 5) is 10.7. The molecule has 0 unspecified atom stereocenters. The average molecular weight is 220 g/mol. The Balaban J connectivity index is 2.26. The zero-order chi connectivity index (χ0) is 11.9. The van der Waals surface area contributed by atoms with Crippen LogP contribution in [0.1, 0.15) is 29.5 Å². The molecule has 0 radical (unpaired) electrons. The minimum Gasteiger partial charge on any atom is -0.481 e. The Hall–Kier alpha value is -1.35. The maximum Gasteiger partial charge on any atom is 0.306 e. The number of carbonyl (C=O) groups is 1. The Morgan fingerprint density at radius 1 is 1.38 bits per heavy atom. The SMILES string of the molecule is Cc1cccc(C2(O)CC(C(=O)O)C2)c1C. The molecule has 1 fully saturated rings. The Bertz CT molecular complexity index is 431. The van der Waals surface area contributed by atoms with E-state index in [9.17, 15) is 9.90 Å². The van der Waals surface area contributed by atoms with Crippen molar-refractivity contribution in [3.63, 3.8) is 0 Å². The van der Waals surface area contributed by atoms with Gasteiger partial charge < -0.3 is 10.2 Å². The van der Waals surface area contributed by atoms with Gasteiger partial charge in [0.15, 0.2) is 0 Å². The van der Waals surface area contributed by atoms with E-state index in [4.69, 9.17) is 5.11 Å². The average Bonchev–Trinajstić information content (AvgIpc) is 2.17. The van der Waals surface area contributed by atoms with E-state index in [-0.39, 0.29) is 0 Å². The van der Waals surface area contributed by atoms with E-state index in [0.717, 1.165) is 16.7 Å². The summed E-state index contributed by atoms with van der Waals surface area (Å²) in [5.74, 6) is -1.21. The van der Waals surface area contributed by atoms with Gasteiger partial charge in [0.05, 0.1) is 11.5 Å². The molecule has 0 amide bonds. The summed E-state index contributed by atoms with van der Waals surface area (Å²) in [6.07, 6.45) is 0.652. The molecule has 0 spiro atoms. The standard InChI is InChI=1S/C13H16O3/c1-8-4-3-5-11(9(8)2)13(16)6-10(7-13)12(14)15/h3-5,10,16H,6-7H2,1-2H3,(H,14,15). The van der Waals surface area contributed by atoms with Crippen LogP contribution in [0.15, 0.2) is 18.2 Å². The molecule has 3 heteroatoms. The maximum atomic E-state index is 10.7. The Morgan fingerprint density at radius 3 is 2.56 bits per heavy atom. The van der Waals surface area contributed by atoms with Crippen molar-refractivity contribution in [1.29, 1.82) is 0 Å². The number of carboxylic acid groups (broad SMARTS) is 1. The number of aliphatic carboxylic acids is 1. The zero-order valence-corrected chi connectivity index (χ0v) is 9.53. The van der Waals surface area contributed by atoms with Gasteiger partial charge in [-0.05, 0) is 43.4 Å². The lowest BCUT2D eigenvalue weighted by Gasteiger charge is -2.42. The number of hydrogen-bond donors (Lipinski definition) is 2. The molecule has 0 saturated heterocycles. The smallest absolute Gasteiger partial charge is 0.306 e. The first-order valence-electron chi connectivity index (χ1n) is 5.46.